The van der Waals surface area contributed by atoms with Crippen molar-refractivity contribution >= 4 is 33.4 Å². The van der Waals surface area contributed by atoms with Gasteiger partial charge in [-0.3, -0.25) is 9.59 Å². The minimum atomic E-state index is -1.42. The molecular formula is C15H15BrO4. The number of halogens is 1. The normalized spacial score (nSPS) is 15.8. The van der Waals surface area contributed by atoms with Crippen LogP contribution in [0.4, 0.5) is 0 Å². The third-order valence-corrected chi connectivity index (χ3v) is 4.08. The summed E-state index contributed by atoms with van der Waals surface area (Å²) in [7, 11) is 0. The van der Waals surface area contributed by atoms with E-state index in [4.69, 9.17) is 9.47 Å². The van der Waals surface area contributed by atoms with Gasteiger partial charge in [0.1, 0.15) is 0 Å². The number of hydrogen-bond donors (Lipinski definition) is 0. The van der Waals surface area contributed by atoms with Crippen LogP contribution >= 0.6 is 15.9 Å². The van der Waals surface area contributed by atoms with Gasteiger partial charge in [-0.25, -0.2) is 0 Å². The number of esters is 2. The number of ether oxygens (including phenoxy) is 2. The fourth-order valence-electron chi connectivity index (χ4n) is 2.14. The number of benzene rings is 1. The molecule has 0 amide bonds. The third kappa shape index (κ3) is 2.16. The summed E-state index contributed by atoms with van der Waals surface area (Å²) in [6.07, 6.45) is 0. The molecule has 0 unspecified atom stereocenters. The standard InChI is InChI=1S/C15H15BrO4/c1-3-19-13(17)15(14(18)20-4-2)11(12(15)16)10-8-6-5-7-9-10/h5-9H,3-4H2,1-2H3. The Labute approximate surface area is 125 Å². The summed E-state index contributed by atoms with van der Waals surface area (Å²) in [4.78, 5) is 24.5. The van der Waals surface area contributed by atoms with Crippen LogP contribution in [0.3, 0.4) is 0 Å². The number of carbonyl (C=O) groups excluding carboxylic acids is 2. The zero-order chi connectivity index (χ0) is 14.8. The molecule has 0 fully saturated rings. The van der Waals surface area contributed by atoms with Crippen LogP contribution in [0.1, 0.15) is 19.4 Å². The maximum absolute atomic E-state index is 12.2. The van der Waals surface area contributed by atoms with Crippen LogP contribution in [-0.2, 0) is 19.1 Å². The Morgan fingerprint density at radius 3 is 2.00 bits per heavy atom. The summed E-state index contributed by atoms with van der Waals surface area (Å²) in [6, 6.07) is 9.26. The molecule has 0 radical (unpaired) electrons. The van der Waals surface area contributed by atoms with Gasteiger partial charge in [-0.15, -0.1) is 0 Å². The quantitative estimate of drug-likeness (QED) is 0.611. The monoisotopic (exact) mass is 338 g/mol. The van der Waals surface area contributed by atoms with Crippen molar-refractivity contribution in [2.24, 2.45) is 5.41 Å². The van der Waals surface area contributed by atoms with E-state index in [0.717, 1.165) is 5.56 Å². The van der Waals surface area contributed by atoms with E-state index in [0.29, 0.717) is 10.1 Å². The second-order valence-corrected chi connectivity index (χ2v) is 5.04. The lowest BCUT2D eigenvalue weighted by Gasteiger charge is -2.16. The van der Waals surface area contributed by atoms with Crippen LogP contribution in [0.15, 0.2) is 34.8 Å². The van der Waals surface area contributed by atoms with Crippen molar-refractivity contribution < 1.29 is 19.1 Å². The van der Waals surface area contributed by atoms with Gasteiger partial charge in [-0.2, -0.15) is 0 Å². The minimum Gasteiger partial charge on any atom is -0.465 e. The second kappa shape index (κ2) is 5.79. The lowest BCUT2D eigenvalue weighted by molar-refractivity contribution is -0.161. The van der Waals surface area contributed by atoms with Crippen molar-refractivity contribution in [2.45, 2.75) is 13.8 Å². The summed E-state index contributed by atoms with van der Waals surface area (Å²) in [5, 5.41) is 0. The van der Waals surface area contributed by atoms with Crippen LogP contribution in [0.25, 0.3) is 5.57 Å². The maximum Gasteiger partial charge on any atom is 0.333 e. The predicted octanol–water partition coefficient (Wildman–Crippen LogP) is 2.92. The first-order chi connectivity index (χ1) is 9.60. The molecule has 1 aromatic rings. The molecule has 0 bridgehead atoms. The topological polar surface area (TPSA) is 52.6 Å². The summed E-state index contributed by atoms with van der Waals surface area (Å²) in [5.41, 5.74) is 0.00313. The second-order valence-electron chi connectivity index (χ2n) is 4.25. The molecule has 0 aliphatic heterocycles. The van der Waals surface area contributed by atoms with Gasteiger partial charge in [-0.05, 0) is 19.4 Å². The molecule has 5 heteroatoms. The van der Waals surface area contributed by atoms with Gasteiger partial charge in [-0.1, -0.05) is 46.3 Å². The maximum atomic E-state index is 12.2. The number of hydrogen-bond acceptors (Lipinski definition) is 4. The van der Waals surface area contributed by atoms with Crippen molar-refractivity contribution in [1.82, 2.24) is 0 Å². The Balaban J connectivity index is 2.38. The zero-order valence-corrected chi connectivity index (χ0v) is 12.9. The summed E-state index contributed by atoms with van der Waals surface area (Å²) in [5.74, 6) is -1.19. The van der Waals surface area contributed by atoms with E-state index < -0.39 is 17.4 Å². The van der Waals surface area contributed by atoms with Gasteiger partial charge >= 0.3 is 11.9 Å². The average Bonchev–Trinajstić information content (AvgIpc) is 3.07. The van der Waals surface area contributed by atoms with Crippen LogP contribution in [0.5, 0.6) is 0 Å². The molecule has 0 saturated carbocycles. The minimum absolute atomic E-state index is 0.211. The summed E-state index contributed by atoms with van der Waals surface area (Å²) >= 11 is 3.33. The van der Waals surface area contributed by atoms with Crippen molar-refractivity contribution in [3.05, 3.63) is 40.4 Å². The molecule has 0 atom stereocenters. The Hall–Kier alpha value is -1.62. The molecular weight excluding hydrogens is 324 g/mol. The van der Waals surface area contributed by atoms with Gasteiger partial charge in [0.25, 0.3) is 0 Å². The molecule has 0 aromatic heterocycles. The van der Waals surface area contributed by atoms with Gasteiger partial charge in [0, 0.05) is 10.1 Å². The summed E-state index contributed by atoms with van der Waals surface area (Å²) < 4.78 is 10.6. The Morgan fingerprint density at radius 2 is 1.55 bits per heavy atom. The van der Waals surface area contributed by atoms with Crippen molar-refractivity contribution in [3.63, 3.8) is 0 Å². The number of carbonyl (C=O) groups is 2. The third-order valence-electron chi connectivity index (χ3n) is 3.09. The van der Waals surface area contributed by atoms with Gasteiger partial charge in [0.2, 0.25) is 5.41 Å². The highest BCUT2D eigenvalue weighted by atomic mass is 79.9. The molecule has 20 heavy (non-hydrogen) atoms. The molecule has 0 saturated heterocycles. The first-order valence-corrected chi connectivity index (χ1v) is 7.20. The van der Waals surface area contributed by atoms with E-state index in [2.05, 4.69) is 15.9 Å². The fraction of sp³-hybridized carbons (Fsp3) is 0.333. The molecule has 1 aromatic carbocycles. The van der Waals surface area contributed by atoms with E-state index in [1.165, 1.54) is 0 Å². The molecule has 1 aliphatic carbocycles. The highest BCUT2D eigenvalue weighted by Crippen LogP contribution is 2.63. The largest absolute Gasteiger partial charge is 0.465 e. The highest BCUT2D eigenvalue weighted by Gasteiger charge is 2.67. The average molecular weight is 339 g/mol. The highest BCUT2D eigenvalue weighted by molar-refractivity contribution is 9.12. The van der Waals surface area contributed by atoms with Crippen LogP contribution in [-0.4, -0.2) is 25.2 Å². The molecule has 0 heterocycles. The van der Waals surface area contributed by atoms with Gasteiger partial charge in [0.15, 0.2) is 0 Å². The van der Waals surface area contributed by atoms with E-state index in [1.54, 1.807) is 13.8 Å². The molecule has 4 nitrogen and oxygen atoms in total. The van der Waals surface area contributed by atoms with Gasteiger partial charge in [0.05, 0.1) is 13.2 Å². The van der Waals surface area contributed by atoms with Crippen LogP contribution in [0.2, 0.25) is 0 Å². The number of rotatable bonds is 5. The lowest BCUT2D eigenvalue weighted by atomic mass is 9.96. The van der Waals surface area contributed by atoms with Crippen molar-refractivity contribution in [1.29, 1.82) is 0 Å². The Kier molecular flexibility index (Phi) is 4.28. The van der Waals surface area contributed by atoms with E-state index in [-0.39, 0.29) is 13.2 Å². The fourth-order valence-corrected chi connectivity index (χ4v) is 3.09. The summed E-state index contributed by atoms with van der Waals surface area (Å²) in [6.45, 7) is 3.83. The van der Waals surface area contributed by atoms with Gasteiger partial charge < -0.3 is 9.47 Å². The zero-order valence-electron chi connectivity index (χ0n) is 11.3. The molecule has 2 rings (SSSR count). The van der Waals surface area contributed by atoms with Crippen LogP contribution in [0, 0.1) is 5.41 Å². The first kappa shape index (κ1) is 14.8. The predicted molar refractivity (Wildman–Crippen MR) is 78.0 cm³/mol. The van der Waals surface area contributed by atoms with Crippen molar-refractivity contribution in [2.75, 3.05) is 13.2 Å². The SMILES string of the molecule is CCOC(=O)C1(C(=O)OCC)C(Br)=C1c1ccccc1. The van der Waals surface area contributed by atoms with E-state index in [1.807, 2.05) is 30.3 Å². The smallest absolute Gasteiger partial charge is 0.333 e. The lowest BCUT2D eigenvalue weighted by Crippen LogP contribution is -2.33. The van der Waals surface area contributed by atoms with E-state index in [9.17, 15) is 9.59 Å². The molecule has 0 spiro atoms. The first-order valence-electron chi connectivity index (χ1n) is 6.41. The molecule has 1 aliphatic rings. The van der Waals surface area contributed by atoms with E-state index >= 15 is 0 Å². The Morgan fingerprint density at radius 1 is 1.05 bits per heavy atom. The molecule has 106 valence electrons. The van der Waals surface area contributed by atoms with Crippen molar-refractivity contribution in [3.8, 4) is 0 Å². The van der Waals surface area contributed by atoms with Crippen LogP contribution < -0.4 is 0 Å². The Bertz CT molecular complexity index is 544. The molecule has 0 N–H and O–H groups in total.